The maximum absolute atomic E-state index is 10.9. The molecule has 16 heavy (non-hydrogen) atoms. The fourth-order valence-corrected chi connectivity index (χ4v) is 1.57. The topological polar surface area (TPSA) is 75.3 Å². The molecule has 2 unspecified atom stereocenters. The normalized spacial score (nSPS) is 14.4. The van der Waals surface area contributed by atoms with Crippen molar-refractivity contribution in [3.63, 3.8) is 0 Å². The van der Waals surface area contributed by atoms with Crippen molar-refractivity contribution >= 4 is 5.91 Å². The van der Waals surface area contributed by atoms with E-state index in [-0.39, 0.29) is 11.8 Å². The van der Waals surface area contributed by atoms with Crippen molar-refractivity contribution in [3.8, 4) is 5.75 Å². The molecule has 1 rings (SSSR count). The Balaban J connectivity index is 2.83. The number of nitrogens with one attached hydrogen (secondary N) is 1. The molecule has 0 heterocycles. The summed E-state index contributed by atoms with van der Waals surface area (Å²) in [5.41, 5.74) is 7.00. The second-order valence-corrected chi connectivity index (χ2v) is 4.07. The van der Waals surface area contributed by atoms with Gasteiger partial charge in [-0.2, -0.15) is 0 Å². The van der Waals surface area contributed by atoms with Crippen LogP contribution in [0.3, 0.4) is 0 Å². The molecule has 0 aromatic heterocycles. The summed E-state index contributed by atoms with van der Waals surface area (Å²) in [5, 5.41) is 12.7. The minimum absolute atomic E-state index is 0.123. The predicted molar refractivity (Wildman–Crippen MR) is 63.1 cm³/mol. The van der Waals surface area contributed by atoms with Crippen LogP contribution in [0.2, 0.25) is 0 Å². The number of hydrogen-bond acceptors (Lipinski definition) is 3. The summed E-state index contributed by atoms with van der Waals surface area (Å²) < 4.78 is 0. The Morgan fingerprint density at radius 3 is 2.62 bits per heavy atom. The fraction of sp³-hybridized carbons (Fsp3) is 0.417. The number of aryl methyl sites for hydroxylation is 1. The number of hydrogen-bond donors (Lipinski definition) is 3. The summed E-state index contributed by atoms with van der Waals surface area (Å²) in [6.45, 7) is 5.53. The van der Waals surface area contributed by atoms with E-state index in [0.29, 0.717) is 0 Å². The zero-order valence-electron chi connectivity index (χ0n) is 9.82. The molecule has 0 bridgehead atoms. The maximum Gasteiger partial charge on any atom is 0.234 e. The minimum Gasteiger partial charge on any atom is -0.508 e. The Bertz CT molecular complexity index is 391. The van der Waals surface area contributed by atoms with Gasteiger partial charge in [0, 0.05) is 11.6 Å². The van der Waals surface area contributed by atoms with E-state index in [2.05, 4.69) is 5.32 Å². The van der Waals surface area contributed by atoms with E-state index in [4.69, 9.17) is 5.73 Å². The highest BCUT2D eigenvalue weighted by atomic mass is 16.3. The highest BCUT2D eigenvalue weighted by molar-refractivity contribution is 5.79. The van der Waals surface area contributed by atoms with Gasteiger partial charge in [0.05, 0.1) is 6.04 Å². The number of carbonyl (C=O) groups is 1. The van der Waals surface area contributed by atoms with Crippen molar-refractivity contribution in [2.24, 2.45) is 5.73 Å². The van der Waals surface area contributed by atoms with Crippen LogP contribution in [0, 0.1) is 6.92 Å². The van der Waals surface area contributed by atoms with Crippen LogP contribution in [0.1, 0.15) is 31.0 Å². The highest BCUT2D eigenvalue weighted by Gasteiger charge is 2.15. The summed E-state index contributed by atoms with van der Waals surface area (Å²) in [6, 6.07) is 4.83. The predicted octanol–water partition coefficient (Wildman–Crippen LogP) is 1.23. The molecular formula is C12H18N2O2. The van der Waals surface area contributed by atoms with Gasteiger partial charge in [-0.3, -0.25) is 10.1 Å². The van der Waals surface area contributed by atoms with Gasteiger partial charge in [0.15, 0.2) is 0 Å². The van der Waals surface area contributed by atoms with E-state index in [1.165, 1.54) is 0 Å². The van der Waals surface area contributed by atoms with Gasteiger partial charge in [-0.1, -0.05) is 17.7 Å². The molecule has 4 nitrogen and oxygen atoms in total. The molecule has 0 spiro atoms. The van der Waals surface area contributed by atoms with E-state index in [1.807, 2.05) is 26.0 Å². The average Bonchev–Trinajstić information content (AvgIpc) is 2.21. The maximum atomic E-state index is 10.9. The van der Waals surface area contributed by atoms with Gasteiger partial charge < -0.3 is 10.8 Å². The summed E-state index contributed by atoms with van der Waals surface area (Å²) >= 11 is 0. The van der Waals surface area contributed by atoms with Crippen LogP contribution >= 0.6 is 0 Å². The Labute approximate surface area is 95.5 Å². The Kier molecular flexibility index (Phi) is 3.90. The molecule has 1 amide bonds. The van der Waals surface area contributed by atoms with Gasteiger partial charge >= 0.3 is 0 Å². The van der Waals surface area contributed by atoms with Crippen molar-refractivity contribution in [2.45, 2.75) is 32.9 Å². The Hall–Kier alpha value is -1.55. The highest BCUT2D eigenvalue weighted by Crippen LogP contribution is 2.25. The summed E-state index contributed by atoms with van der Waals surface area (Å²) in [5.74, 6) is -0.179. The lowest BCUT2D eigenvalue weighted by atomic mass is 10.0. The first-order valence-corrected chi connectivity index (χ1v) is 5.26. The largest absolute Gasteiger partial charge is 0.508 e. The van der Waals surface area contributed by atoms with Gasteiger partial charge in [0.2, 0.25) is 5.91 Å². The summed E-state index contributed by atoms with van der Waals surface area (Å²) in [6.07, 6.45) is 0. The van der Waals surface area contributed by atoms with Crippen LogP contribution in [0.4, 0.5) is 0 Å². The average molecular weight is 222 g/mol. The van der Waals surface area contributed by atoms with Crippen LogP contribution in [-0.4, -0.2) is 17.1 Å². The SMILES string of the molecule is Cc1ccc(O)c(C(C)NC(C)C(N)=O)c1. The third-order valence-electron chi connectivity index (χ3n) is 2.58. The number of benzene rings is 1. The zero-order chi connectivity index (χ0) is 12.3. The Morgan fingerprint density at radius 1 is 1.44 bits per heavy atom. The van der Waals surface area contributed by atoms with Crippen molar-refractivity contribution in [3.05, 3.63) is 29.3 Å². The molecule has 0 aliphatic rings. The molecule has 0 saturated carbocycles. The molecule has 88 valence electrons. The molecule has 1 aromatic rings. The number of carbonyl (C=O) groups excluding carboxylic acids is 1. The van der Waals surface area contributed by atoms with E-state index in [9.17, 15) is 9.90 Å². The first kappa shape index (κ1) is 12.5. The molecule has 0 radical (unpaired) electrons. The Morgan fingerprint density at radius 2 is 2.06 bits per heavy atom. The van der Waals surface area contributed by atoms with E-state index in [1.54, 1.807) is 13.0 Å². The van der Waals surface area contributed by atoms with Crippen LogP contribution in [-0.2, 0) is 4.79 Å². The number of primary amides is 1. The number of nitrogens with two attached hydrogens (primary N) is 1. The van der Waals surface area contributed by atoms with Gasteiger partial charge in [-0.25, -0.2) is 0 Å². The van der Waals surface area contributed by atoms with E-state index in [0.717, 1.165) is 11.1 Å². The van der Waals surface area contributed by atoms with Gasteiger partial charge in [0.1, 0.15) is 5.75 Å². The van der Waals surface area contributed by atoms with Crippen LogP contribution in [0.25, 0.3) is 0 Å². The van der Waals surface area contributed by atoms with Crippen LogP contribution < -0.4 is 11.1 Å². The third kappa shape index (κ3) is 2.97. The number of aromatic hydroxyl groups is 1. The molecule has 4 heteroatoms. The van der Waals surface area contributed by atoms with Gasteiger partial charge in [-0.15, -0.1) is 0 Å². The van der Waals surface area contributed by atoms with Gasteiger partial charge in [0.25, 0.3) is 0 Å². The summed E-state index contributed by atoms with van der Waals surface area (Å²) in [4.78, 5) is 10.9. The minimum atomic E-state index is -0.421. The lowest BCUT2D eigenvalue weighted by molar-refractivity contribution is -0.119. The van der Waals surface area contributed by atoms with Crippen LogP contribution in [0.15, 0.2) is 18.2 Å². The lowest BCUT2D eigenvalue weighted by Gasteiger charge is -2.19. The number of phenols is 1. The molecule has 0 fully saturated rings. The van der Waals surface area contributed by atoms with Crippen molar-refractivity contribution in [1.29, 1.82) is 0 Å². The number of phenolic OH excluding ortho intramolecular Hbond substituents is 1. The molecule has 0 aliphatic carbocycles. The first-order chi connectivity index (χ1) is 7.41. The molecule has 1 aromatic carbocycles. The number of amides is 1. The zero-order valence-corrected chi connectivity index (χ0v) is 9.82. The van der Waals surface area contributed by atoms with Gasteiger partial charge in [-0.05, 0) is 26.8 Å². The lowest BCUT2D eigenvalue weighted by Crippen LogP contribution is -2.40. The quantitative estimate of drug-likeness (QED) is 0.717. The van der Waals surface area contributed by atoms with Crippen molar-refractivity contribution in [1.82, 2.24) is 5.32 Å². The molecule has 2 atom stereocenters. The van der Waals surface area contributed by atoms with Crippen molar-refractivity contribution in [2.75, 3.05) is 0 Å². The monoisotopic (exact) mass is 222 g/mol. The third-order valence-corrected chi connectivity index (χ3v) is 2.58. The second-order valence-electron chi connectivity index (χ2n) is 4.07. The first-order valence-electron chi connectivity index (χ1n) is 5.26. The molecule has 0 aliphatic heterocycles. The van der Waals surface area contributed by atoms with Crippen molar-refractivity contribution < 1.29 is 9.90 Å². The molecule has 4 N–H and O–H groups in total. The fourth-order valence-electron chi connectivity index (χ4n) is 1.57. The van der Waals surface area contributed by atoms with Crippen LogP contribution in [0.5, 0.6) is 5.75 Å². The second kappa shape index (κ2) is 4.99. The molecule has 0 saturated heterocycles. The number of rotatable bonds is 4. The van der Waals surface area contributed by atoms with E-state index < -0.39 is 11.9 Å². The molecular weight excluding hydrogens is 204 g/mol. The summed E-state index contributed by atoms with van der Waals surface area (Å²) in [7, 11) is 0. The standard InChI is InChI=1S/C12H18N2O2/c1-7-4-5-11(15)10(6-7)8(2)14-9(3)12(13)16/h4-6,8-9,14-15H,1-3H3,(H2,13,16). The smallest absolute Gasteiger partial charge is 0.234 e. The van der Waals surface area contributed by atoms with E-state index >= 15 is 0 Å².